The van der Waals surface area contributed by atoms with Crippen LogP contribution in [0.4, 0.5) is 0 Å². The Balaban J connectivity index is 0.000000152. The highest BCUT2D eigenvalue weighted by Gasteiger charge is 2.06. The first-order valence-electron chi connectivity index (χ1n) is 8.38. The van der Waals surface area contributed by atoms with E-state index in [1.165, 1.54) is 0 Å². The number of hydrogen-bond acceptors (Lipinski definition) is 2. The molecule has 0 spiro atoms. The average Bonchev–Trinajstić information content (AvgIpc) is 3.27. The summed E-state index contributed by atoms with van der Waals surface area (Å²) in [6.45, 7) is 5.98. The monoisotopic (exact) mass is 364 g/mol. The van der Waals surface area contributed by atoms with Crippen molar-refractivity contribution in [3.8, 4) is 22.8 Å². The highest BCUT2D eigenvalue weighted by atomic mass is 35.5. The quantitative estimate of drug-likeness (QED) is 0.477. The molecule has 0 fully saturated rings. The first kappa shape index (κ1) is 18.0. The van der Waals surface area contributed by atoms with Crippen LogP contribution in [0, 0.1) is 20.8 Å². The number of nitrogens with one attached hydrogen (secondary N) is 2. The van der Waals surface area contributed by atoms with Crippen LogP contribution in [0.3, 0.4) is 0 Å². The van der Waals surface area contributed by atoms with Crippen LogP contribution in [-0.4, -0.2) is 19.9 Å². The number of H-pyrrole nitrogens is 2. The van der Waals surface area contributed by atoms with E-state index < -0.39 is 0 Å². The molecular formula is C21H21ClN4. The van der Waals surface area contributed by atoms with E-state index in [4.69, 9.17) is 11.6 Å². The van der Waals surface area contributed by atoms with Crippen molar-refractivity contribution in [2.24, 2.45) is 0 Å². The van der Waals surface area contributed by atoms with Gasteiger partial charge in [-0.1, -0.05) is 54.1 Å². The van der Waals surface area contributed by atoms with Crippen LogP contribution in [0.5, 0.6) is 0 Å². The second-order valence-corrected chi connectivity index (χ2v) is 6.52. The molecule has 2 heterocycles. The lowest BCUT2D eigenvalue weighted by molar-refractivity contribution is 1.24. The van der Waals surface area contributed by atoms with Crippen LogP contribution in [-0.2, 0) is 0 Å². The molecule has 0 atom stereocenters. The molecule has 5 heteroatoms. The van der Waals surface area contributed by atoms with Gasteiger partial charge in [-0.3, -0.25) is 0 Å². The fraction of sp³-hybridized carbons (Fsp3) is 0.143. The molecule has 0 radical (unpaired) electrons. The minimum atomic E-state index is 0.775. The normalized spacial score (nSPS) is 10.3. The molecule has 0 bridgehead atoms. The summed E-state index contributed by atoms with van der Waals surface area (Å²) < 4.78 is 0. The summed E-state index contributed by atoms with van der Waals surface area (Å²) in [5.74, 6) is 1.82. The zero-order valence-electron chi connectivity index (χ0n) is 15.0. The van der Waals surface area contributed by atoms with E-state index in [9.17, 15) is 0 Å². The number of aromatic amines is 2. The number of rotatable bonds is 2. The summed E-state index contributed by atoms with van der Waals surface area (Å²) in [6, 6.07) is 15.9. The van der Waals surface area contributed by atoms with Crippen LogP contribution in [0.1, 0.15) is 17.0 Å². The third kappa shape index (κ3) is 4.21. The van der Waals surface area contributed by atoms with Crippen LogP contribution < -0.4 is 0 Å². The molecular weight excluding hydrogens is 344 g/mol. The molecule has 0 saturated heterocycles. The van der Waals surface area contributed by atoms with Crippen molar-refractivity contribution >= 4 is 11.6 Å². The maximum atomic E-state index is 6.03. The molecule has 2 aromatic carbocycles. The highest BCUT2D eigenvalue weighted by molar-refractivity contribution is 6.31. The van der Waals surface area contributed by atoms with E-state index in [-0.39, 0.29) is 0 Å². The molecule has 0 aliphatic rings. The smallest absolute Gasteiger partial charge is 0.137 e. The van der Waals surface area contributed by atoms with Gasteiger partial charge in [-0.15, -0.1) is 0 Å². The molecule has 4 aromatic rings. The van der Waals surface area contributed by atoms with Crippen LogP contribution in [0.2, 0.25) is 5.02 Å². The summed E-state index contributed by atoms with van der Waals surface area (Å²) in [6.07, 6.45) is 3.65. The number of aryl methyl sites for hydroxylation is 2. The SMILES string of the molecule is Cc1cnc(-c2cccc(Cl)c2C)[nH]1.Cc1cnc(-c2ccccc2)[nH]1. The summed E-state index contributed by atoms with van der Waals surface area (Å²) >= 11 is 6.03. The van der Waals surface area contributed by atoms with Gasteiger partial charge in [-0.2, -0.15) is 0 Å². The van der Waals surface area contributed by atoms with Crippen molar-refractivity contribution in [2.45, 2.75) is 20.8 Å². The maximum absolute atomic E-state index is 6.03. The molecule has 0 saturated carbocycles. The second kappa shape index (κ2) is 8.02. The Hall–Kier alpha value is -2.85. The van der Waals surface area contributed by atoms with E-state index in [2.05, 4.69) is 19.9 Å². The Bertz CT molecular complexity index is 986. The minimum absolute atomic E-state index is 0.775. The number of aromatic nitrogens is 4. The van der Waals surface area contributed by atoms with Crippen molar-refractivity contribution in [3.05, 3.63) is 82.9 Å². The summed E-state index contributed by atoms with van der Waals surface area (Å²) in [5.41, 5.74) is 5.40. The van der Waals surface area contributed by atoms with Crippen molar-refractivity contribution < 1.29 is 0 Å². The van der Waals surface area contributed by atoms with Crippen molar-refractivity contribution in [2.75, 3.05) is 0 Å². The molecule has 0 amide bonds. The van der Waals surface area contributed by atoms with Gasteiger partial charge in [-0.05, 0) is 32.4 Å². The fourth-order valence-electron chi connectivity index (χ4n) is 2.57. The van der Waals surface area contributed by atoms with Gasteiger partial charge in [0, 0.05) is 39.9 Å². The first-order chi connectivity index (χ1) is 12.5. The van der Waals surface area contributed by atoms with E-state index in [1.807, 2.05) is 81.7 Å². The van der Waals surface area contributed by atoms with Gasteiger partial charge in [0.15, 0.2) is 0 Å². The molecule has 4 rings (SSSR count). The highest BCUT2D eigenvalue weighted by Crippen LogP contribution is 2.25. The fourth-order valence-corrected chi connectivity index (χ4v) is 2.74. The Kier molecular flexibility index (Phi) is 5.54. The topological polar surface area (TPSA) is 57.4 Å². The van der Waals surface area contributed by atoms with Gasteiger partial charge in [0.05, 0.1) is 0 Å². The minimum Gasteiger partial charge on any atom is -0.342 e. The number of nitrogens with zero attached hydrogens (tertiary/aromatic N) is 2. The van der Waals surface area contributed by atoms with E-state index in [0.29, 0.717) is 0 Å². The second-order valence-electron chi connectivity index (χ2n) is 6.11. The first-order valence-corrected chi connectivity index (χ1v) is 8.76. The third-order valence-electron chi connectivity index (χ3n) is 3.98. The number of hydrogen-bond donors (Lipinski definition) is 2. The van der Waals surface area contributed by atoms with Gasteiger partial charge < -0.3 is 9.97 Å². The third-order valence-corrected chi connectivity index (χ3v) is 4.39. The van der Waals surface area contributed by atoms with Gasteiger partial charge in [0.1, 0.15) is 11.6 Å². The molecule has 132 valence electrons. The summed E-state index contributed by atoms with van der Waals surface area (Å²) in [4.78, 5) is 14.9. The summed E-state index contributed by atoms with van der Waals surface area (Å²) in [5, 5.41) is 0.775. The molecule has 0 aliphatic heterocycles. The van der Waals surface area contributed by atoms with E-state index in [1.54, 1.807) is 0 Å². The predicted molar refractivity (Wildman–Crippen MR) is 107 cm³/mol. The Morgan fingerprint density at radius 2 is 1.35 bits per heavy atom. The van der Waals surface area contributed by atoms with E-state index >= 15 is 0 Å². The standard InChI is InChI=1S/C11H11ClN2.C10H10N2/c1-7-6-13-11(14-7)9-4-3-5-10(12)8(9)2;1-8-7-11-10(12-8)9-5-3-2-4-6-9/h3-6H,1-2H3,(H,13,14);2-7H,1H3,(H,11,12). The van der Waals surface area contributed by atoms with Crippen LogP contribution in [0.25, 0.3) is 22.8 Å². The maximum Gasteiger partial charge on any atom is 0.137 e. The molecule has 4 nitrogen and oxygen atoms in total. The molecule has 0 unspecified atom stereocenters. The van der Waals surface area contributed by atoms with Crippen molar-refractivity contribution in [3.63, 3.8) is 0 Å². The Morgan fingerprint density at radius 3 is 1.92 bits per heavy atom. The van der Waals surface area contributed by atoms with Crippen LogP contribution >= 0.6 is 11.6 Å². The van der Waals surface area contributed by atoms with Gasteiger partial charge in [0.25, 0.3) is 0 Å². The van der Waals surface area contributed by atoms with Crippen molar-refractivity contribution in [1.29, 1.82) is 0 Å². The van der Waals surface area contributed by atoms with Gasteiger partial charge >= 0.3 is 0 Å². The molecule has 26 heavy (non-hydrogen) atoms. The number of imidazole rings is 2. The zero-order chi connectivity index (χ0) is 18.5. The molecule has 2 N–H and O–H groups in total. The lowest BCUT2D eigenvalue weighted by Crippen LogP contribution is -1.86. The van der Waals surface area contributed by atoms with E-state index in [0.717, 1.165) is 44.7 Å². The van der Waals surface area contributed by atoms with Crippen molar-refractivity contribution in [1.82, 2.24) is 19.9 Å². The number of halogens is 1. The van der Waals surface area contributed by atoms with Gasteiger partial charge in [-0.25, -0.2) is 9.97 Å². The Labute approximate surface area is 158 Å². The zero-order valence-corrected chi connectivity index (χ0v) is 15.8. The number of benzene rings is 2. The molecule has 0 aliphatic carbocycles. The largest absolute Gasteiger partial charge is 0.342 e. The average molecular weight is 365 g/mol. The summed E-state index contributed by atoms with van der Waals surface area (Å²) in [7, 11) is 0. The predicted octanol–water partition coefficient (Wildman–Crippen LogP) is 5.73. The van der Waals surface area contributed by atoms with Crippen LogP contribution in [0.15, 0.2) is 60.9 Å². The lowest BCUT2D eigenvalue weighted by Gasteiger charge is -2.03. The Morgan fingerprint density at radius 1 is 0.731 bits per heavy atom. The molecule has 2 aromatic heterocycles. The lowest BCUT2D eigenvalue weighted by atomic mass is 10.1. The van der Waals surface area contributed by atoms with Gasteiger partial charge in [0.2, 0.25) is 0 Å².